The monoisotopic (exact) mass is 370 g/mol. The van der Waals surface area contributed by atoms with Crippen LogP contribution >= 0.6 is 11.3 Å². The minimum atomic E-state index is -1.20. The number of aromatic nitrogens is 2. The number of ether oxygens (including phenoxy) is 1. The maximum Gasteiger partial charge on any atom is 0.419 e. The first kappa shape index (κ1) is 19.2. The van der Waals surface area contributed by atoms with E-state index >= 15 is 0 Å². The molecule has 138 valence electrons. The zero-order valence-corrected chi connectivity index (χ0v) is 15.4. The van der Waals surface area contributed by atoms with Gasteiger partial charge >= 0.3 is 11.8 Å². The number of nitrogens with one attached hydrogen (secondary N) is 2. The summed E-state index contributed by atoms with van der Waals surface area (Å²) >= 11 is 1.30. The lowest BCUT2D eigenvalue weighted by atomic mass is 10.2. The van der Waals surface area contributed by atoms with E-state index in [0.29, 0.717) is 23.4 Å². The zero-order chi connectivity index (χ0) is 18.7. The molecule has 2 rings (SSSR count). The Bertz CT molecular complexity index is 896. The highest BCUT2D eigenvalue weighted by Gasteiger charge is 2.20. The molecule has 0 bridgehead atoms. The fraction of sp³-hybridized carbons (Fsp3) is 0.533. The van der Waals surface area contributed by atoms with Crippen LogP contribution < -0.4 is 22.1 Å². The lowest BCUT2D eigenvalue weighted by Gasteiger charge is -2.14. The molecule has 2 heterocycles. The Kier molecular flexibility index (Phi) is 5.98. The Morgan fingerprint density at radius 1 is 1.36 bits per heavy atom. The SMILES string of the molecule is COCCn1c(=O)n(C(C)C)c(=O)c2c(C)c(CNNC(=O)O)sc21. The summed E-state index contributed by atoms with van der Waals surface area (Å²) in [4.78, 5) is 37.5. The van der Waals surface area contributed by atoms with Crippen LogP contribution in [0.5, 0.6) is 0 Å². The highest BCUT2D eigenvalue weighted by Crippen LogP contribution is 2.28. The number of nitrogens with zero attached hydrogens (tertiary/aromatic N) is 2. The van der Waals surface area contributed by atoms with Gasteiger partial charge < -0.3 is 9.84 Å². The lowest BCUT2D eigenvalue weighted by Crippen LogP contribution is -2.41. The molecule has 0 unspecified atom stereocenters. The highest BCUT2D eigenvalue weighted by molar-refractivity contribution is 7.18. The second-order valence-corrected chi connectivity index (χ2v) is 6.89. The number of hydrazine groups is 1. The van der Waals surface area contributed by atoms with Gasteiger partial charge in [-0.1, -0.05) is 0 Å². The Morgan fingerprint density at radius 3 is 2.60 bits per heavy atom. The van der Waals surface area contributed by atoms with Crippen LogP contribution in [0.25, 0.3) is 10.2 Å². The smallest absolute Gasteiger partial charge is 0.419 e. The third-order valence-corrected chi connectivity index (χ3v) is 5.14. The Balaban J connectivity index is 2.65. The van der Waals surface area contributed by atoms with Crippen molar-refractivity contribution in [1.82, 2.24) is 20.0 Å². The van der Waals surface area contributed by atoms with Gasteiger partial charge in [-0.2, -0.15) is 0 Å². The van der Waals surface area contributed by atoms with Crippen LogP contribution in [-0.2, 0) is 17.8 Å². The first-order valence-corrected chi connectivity index (χ1v) is 8.59. The van der Waals surface area contributed by atoms with Crippen LogP contribution in [0.3, 0.4) is 0 Å². The number of hydrogen-bond donors (Lipinski definition) is 3. The number of methoxy groups -OCH3 is 1. The van der Waals surface area contributed by atoms with E-state index in [4.69, 9.17) is 9.84 Å². The molecule has 0 aliphatic heterocycles. The van der Waals surface area contributed by atoms with Gasteiger partial charge in [0.05, 0.1) is 18.5 Å². The van der Waals surface area contributed by atoms with Crippen LogP contribution in [0.2, 0.25) is 0 Å². The maximum absolute atomic E-state index is 12.8. The highest BCUT2D eigenvalue weighted by atomic mass is 32.1. The van der Waals surface area contributed by atoms with Crippen molar-refractivity contribution < 1.29 is 14.6 Å². The van der Waals surface area contributed by atoms with Crippen LogP contribution in [0.15, 0.2) is 9.59 Å². The predicted molar refractivity (Wildman–Crippen MR) is 95.3 cm³/mol. The largest absolute Gasteiger partial charge is 0.464 e. The summed E-state index contributed by atoms with van der Waals surface area (Å²) in [6.07, 6.45) is -1.20. The average Bonchev–Trinajstić information content (AvgIpc) is 2.84. The number of hydrogen-bond acceptors (Lipinski definition) is 6. The van der Waals surface area contributed by atoms with Crippen molar-refractivity contribution in [3.05, 3.63) is 31.3 Å². The van der Waals surface area contributed by atoms with Gasteiger partial charge in [0.2, 0.25) is 0 Å². The number of fused-ring (bicyclic) bond motifs is 1. The third-order valence-electron chi connectivity index (χ3n) is 3.82. The van der Waals surface area contributed by atoms with Gasteiger partial charge in [-0.25, -0.2) is 15.0 Å². The van der Waals surface area contributed by atoms with Crippen molar-refractivity contribution in [2.75, 3.05) is 13.7 Å². The van der Waals surface area contributed by atoms with Crippen molar-refractivity contribution >= 4 is 27.6 Å². The van der Waals surface area contributed by atoms with Crippen LogP contribution in [0.1, 0.15) is 30.3 Å². The number of thiophene rings is 1. The molecule has 3 N–H and O–H groups in total. The van der Waals surface area contributed by atoms with Gasteiger partial charge in [-0.05, 0) is 26.3 Å². The standard InChI is InChI=1S/C15H22N4O5S/c1-8(2)19-12(20)11-9(3)10(7-16-17-14(21)22)25-13(11)18(15(19)23)5-6-24-4/h8,16-17H,5-7H2,1-4H3,(H,21,22). The van der Waals surface area contributed by atoms with Crippen LogP contribution in [0, 0.1) is 6.92 Å². The summed E-state index contributed by atoms with van der Waals surface area (Å²) in [7, 11) is 1.55. The summed E-state index contributed by atoms with van der Waals surface area (Å²) in [5.41, 5.74) is 4.70. The lowest BCUT2D eigenvalue weighted by molar-refractivity contribution is 0.186. The number of aryl methyl sites for hydroxylation is 1. The van der Waals surface area contributed by atoms with Crippen molar-refractivity contribution in [2.24, 2.45) is 0 Å². The van der Waals surface area contributed by atoms with Crippen molar-refractivity contribution in [2.45, 2.75) is 39.9 Å². The van der Waals surface area contributed by atoms with E-state index in [1.54, 1.807) is 32.4 Å². The maximum atomic E-state index is 12.8. The zero-order valence-electron chi connectivity index (χ0n) is 14.6. The molecule has 2 aromatic rings. The molecule has 0 saturated heterocycles. The molecule has 0 fully saturated rings. The normalized spacial score (nSPS) is 11.4. The van der Waals surface area contributed by atoms with E-state index in [9.17, 15) is 14.4 Å². The molecule has 0 aliphatic carbocycles. The van der Waals surface area contributed by atoms with Crippen molar-refractivity contribution in [3.8, 4) is 0 Å². The topological polar surface area (TPSA) is 115 Å². The van der Waals surface area contributed by atoms with Gasteiger partial charge in [0.1, 0.15) is 4.83 Å². The predicted octanol–water partition coefficient (Wildman–Crippen LogP) is 1.03. The molecule has 0 radical (unpaired) electrons. The molecule has 0 aliphatic rings. The second-order valence-electron chi connectivity index (χ2n) is 5.81. The van der Waals surface area contributed by atoms with Gasteiger partial charge in [-0.3, -0.25) is 19.4 Å². The van der Waals surface area contributed by atoms with E-state index in [-0.39, 0.29) is 23.8 Å². The minimum Gasteiger partial charge on any atom is -0.464 e. The first-order chi connectivity index (χ1) is 11.8. The molecule has 10 heteroatoms. The summed E-state index contributed by atoms with van der Waals surface area (Å²) < 4.78 is 7.87. The summed E-state index contributed by atoms with van der Waals surface area (Å²) in [5, 5.41) is 9.12. The number of amides is 1. The molecule has 0 atom stereocenters. The molecular weight excluding hydrogens is 348 g/mol. The van der Waals surface area contributed by atoms with Gasteiger partial charge in [0.15, 0.2) is 0 Å². The van der Waals surface area contributed by atoms with Crippen LogP contribution in [-0.4, -0.2) is 34.1 Å². The Hall–Kier alpha value is -2.17. The minimum absolute atomic E-state index is 0.219. The van der Waals surface area contributed by atoms with Gasteiger partial charge in [-0.15, -0.1) is 11.3 Å². The molecule has 1 amide bonds. The molecule has 2 aromatic heterocycles. The third kappa shape index (κ3) is 3.75. The molecule has 0 saturated carbocycles. The molecule has 0 spiro atoms. The fourth-order valence-electron chi connectivity index (χ4n) is 2.61. The Morgan fingerprint density at radius 2 is 2.04 bits per heavy atom. The van der Waals surface area contributed by atoms with E-state index in [1.807, 2.05) is 0 Å². The van der Waals surface area contributed by atoms with Gasteiger partial charge in [0.25, 0.3) is 5.56 Å². The van der Waals surface area contributed by atoms with E-state index in [1.165, 1.54) is 15.9 Å². The van der Waals surface area contributed by atoms with E-state index in [0.717, 1.165) is 10.4 Å². The first-order valence-electron chi connectivity index (χ1n) is 7.77. The number of rotatable bonds is 7. The molecular formula is C15H22N4O5S. The van der Waals surface area contributed by atoms with Gasteiger partial charge in [0, 0.05) is 24.6 Å². The van der Waals surface area contributed by atoms with Crippen LogP contribution in [0.4, 0.5) is 4.79 Å². The summed E-state index contributed by atoms with van der Waals surface area (Å²) in [6, 6.07) is -0.271. The average molecular weight is 370 g/mol. The summed E-state index contributed by atoms with van der Waals surface area (Å²) in [5.74, 6) is 0. The number of carboxylic acid groups (broad SMARTS) is 1. The van der Waals surface area contributed by atoms with Crippen molar-refractivity contribution in [3.63, 3.8) is 0 Å². The molecule has 25 heavy (non-hydrogen) atoms. The Labute approximate surface area is 147 Å². The molecule has 9 nitrogen and oxygen atoms in total. The quantitative estimate of drug-likeness (QED) is 0.627. The van der Waals surface area contributed by atoms with E-state index < -0.39 is 6.09 Å². The van der Waals surface area contributed by atoms with E-state index in [2.05, 4.69) is 10.9 Å². The number of carbonyl (C=O) groups is 1. The molecule has 0 aromatic carbocycles. The van der Waals surface area contributed by atoms with Crippen molar-refractivity contribution in [1.29, 1.82) is 0 Å². The second kappa shape index (κ2) is 7.81. The fourth-order valence-corrected chi connectivity index (χ4v) is 3.87. The summed E-state index contributed by atoms with van der Waals surface area (Å²) in [6.45, 7) is 6.27.